The standard InChI is InChI=1S/C9H9NO2S/c1-7(12)8-2-4-9(5-3-8)13-10-6-11/h2-6H,1H3,(H,10,11). The van der Waals surface area contributed by atoms with Crippen LogP contribution in [-0.2, 0) is 4.79 Å². The average molecular weight is 195 g/mol. The van der Waals surface area contributed by atoms with Crippen LogP contribution in [0.5, 0.6) is 0 Å². The Balaban J connectivity index is 2.69. The van der Waals surface area contributed by atoms with Crippen LogP contribution in [0.3, 0.4) is 0 Å². The third kappa shape index (κ3) is 2.91. The average Bonchev–Trinajstić information content (AvgIpc) is 2.15. The zero-order valence-corrected chi connectivity index (χ0v) is 7.93. The summed E-state index contributed by atoms with van der Waals surface area (Å²) in [5.41, 5.74) is 0.676. The molecule has 4 heteroatoms. The van der Waals surface area contributed by atoms with E-state index >= 15 is 0 Å². The van der Waals surface area contributed by atoms with Gasteiger partial charge in [0.25, 0.3) is 0 Å². The minimum absolute atomic E-state index is 0.0416. The lowest BCUT2D eigenvalue weighted by atomic mass is 10.2. The molecule has 0 fully saturated rings. The number of nitrogens with one attached hydrogen (secondary N) is 1. The molecule has 0 aliphatic rings. The first kappa shape index (κ1) is 9.80. The smallest absolute Gasteiger partial charge is 0.217 e. The summed E-state index contributed by atoms with van der Waals surface area (Å²) in [5, 5.41) is 0. The summed E-state index contributed by atoms with van der Waals surface area (Å²) in [6.07, 6.45) is 0.615. The summed E-state index contributed by atoms with van der Waals surface area (Å²) < 4.78 is 2.46. The Morgan fingerprint density at radius 2 is 2.00 bits per heavy atom. The van der Waals surface area contributed by atoms with Crippen LogP contribution >= 0.6 is 11.9 Å². The maximum atomic E-state index is 10.9. The van der Waals surface area contributed by atoms with E-state index in [9.17, 15) is 9.59 Å². The molecule has 0 saturated carbocycles. The molecule has 0 atom stereocenters. The quantitative estimate of drug-likeness (QED) is 0.451. The van der Waals surface area contributed by atoms with E-state index in [-0.39, 0.29) is 5.78 Å². The molecule has 3 nitrogen and oxygen atoms in total. The van der Waals surface area contributed by atoms with Crippen molar-refractivity contribution < 1.29 is 9.59 Å². The monoisotopic (exact) mass is 195 g/mol. The molecule has 1 aromatic carbocycles. The second-order valence-electron chi connectivity index (χ2n) is 2.42. The van der Waals surface area contributed by atoms with E-state index in [1.807, 2.05) is 0 Å². The Hall–Kier alpha value is -1.29. The lowest BCUT2D eigenvalue weighted by Crippen LogP contribution is -1.97. The van der Waals surface area contributed by atoms with Crippen LogP contribution in [0.25, 0.3) is 0 Å². The lowest BCUT2D eigenvalue weighted by molar-refractivity contribution is -0.107. The fraction of sp³-hybridized carbons (Fsp3) is 0.111. The van der Waals surface area contributed by atoms with Crippen LogP contribution in [-0.4, -0.2) is 12.2 Å². The molecule has 68 valence electrons. The summed E-state index contributed by atoms with van der Waals surface area (Å²) in [5.74, 6) is 0.0416. The van der Waals surface area contributed by atoms with Crippen LogP contribution in [0.15, 0.2) is 29.2 Å². The highest BCUT2D eigenvalue weighted by Crippen LogP contribution is 2.14. The van der Waals surface area contributed by atoms with Gasteiger partial charge in [-0.15, -0.1) is 0 Å². The Bertz CT molecular complexity index is 308. The highest BCUT2D eigenvalue weighted by molar-refractivity contribution is 7.97. The van der Waals surface area contributed by atoms with Gasteiger partial charge >= 0.3 is 0 Å². The maximum absolute atomic E-state index is 10.9. The molecule has 1 rings (SSSR count). The van der Waals surface area contributed by atoms with E-state index in [0.717, 1.165) is 4.90 Å². The fourth-order valence-electron chi connectivity index (χ4n) is 0.850. The van der Waals surface area contributed by atoms with Gasteiger partial charge in [-0.3, -0.25) is 14.3 Å². The SMILES string of the molecule is CC(=O)c1ccc(SNC=O)cc1. The highest BCUT2D eigenvalue weighted by atomic mass is 32.2. The van der Waals surface area contributed by atoms with E-state index in [1.165, 1.54) is 18.9 Å². The van der Waals surface area contributed by atoms with Crippen molar-refractivity contribution in [2.75, 3.05) is 0 Å². The van der Waals surface area contributed by atoms with Crippen molar-refractivity contribution in [2.45, 2.75) is 11.8 Å². The number of hydrogen-bond acceptors (Lipinski definition) is 3. The minimum Gasteiger partial charge on any atom is -0.299 e. The highest BCUT2D eigenvalue weighted by Gasteiger charge is 1.98. The molecule has 1 N–H and O–H groups in total. The zero-order chi connectivity index (χ0) is 9.68. The number of Topliss-reactive ketones (excluding diaryl/α,β-unsaturated/α-hetero) is 1. The van der Waals surface area contributed by atoms with Gasteiger partial charge in [-0.2, -0.15) is 0 Å². The third-order valence-electron chi connectivity index (χ3n) is 1.49. The van der Waals surface area contributed by atoms with Gasteiger partial charge in [0.15, 0.2) is 5.78 Å². The molecular formula is C9H9NO2S. The molecule has 0 aromatic heterocycles. The Kier molecular flexibility index (Phi) is 3.52. The second-order valence-corrected chi connectivity index (χ2v) is 3.33. The molecule has 0 unspecified atom stereocenters. The maximum Gasteiger partial charge on any atom is 0.217 e. The van der Waals surface area contributed by atoms with Crippen molar-refractivity contribution >= 4 is 24.1 Å². The Labute approximate surface area is 80.7 Å². The van der Waals surface area contributed by atoms with E-state index in [1.54, 1.807) is 24.3 Å². The van der Waals surface area contributed by atoms with Gasteiger partial charge in [-0.05, 0) is 31.0 Å². The van der Waals surface area contributed by atoms with Gasteiger partial charge < -0.3 is 0 Å². The van der Waals surface area contributed by atoms with Gasteiger partial charge in [-0.25, -0.2) is 0 Å². The van der Waals surface area contributed by atoms with E-state index < -0.39 is 0 Å². The van der Waals surface area contributed by atoms with Gasteiger partial charge in [-0.1, -0.05) is 12.1 Å². The van der Waals surface area contributed by atoms with Gasteiger partial charge in [0, 0.05) is 10.5 Å². The normalized spacial score (nSPS) is 9.31. The van der Waals surface area contributed by atoms with Crippen LogP contribution in [0.1, 0.15) is 17.3 Å². The number of amides is 1. The number of benzene rings is 1. The summed E-state index contributed by atoms with van der Waals surface area (Å²) in [4.78, 5) is 21.8. The molecule has 1 amide bonds. The zero-order valence-electron chi connectivity index (χ0n) is 7.11. The first-order valence-electron chi connectivity index (χ1n) is 3.71. The Morgan fingerprint density at radius 1 is 1.38 bits per heavy atom. The molecular weight excluding hydrogens is 186 g/mol. The predicted octanol–water partition coefficient (Wildman–Crippen LogP) is 1.64. The van der Waals surface area contributed by atoms with Crippen LogP contribution in [0, 0.1) is 0 Å². The lowest BCUT2D eigenvalue weighted by Gasteiger charge is -1.99. The van der Waals surface area contributed by atoms with Gasteiger partial charge in [0.05, 0.1) is 0 Å². The van der Waals surface area contributed by atoms with Crippen LogP contribution in [0.4, 0.5) is 0 Å². The minimum atomic E-state index is 0.0416. The summed E-state index contributed by atoms with van der Waals surface area (Å²) in [6.45, 7) is 1.52. The molecule has 0 aliphatic heterocycles. The molecule has 1 aromatic rings. The number of hydrogen-bond donors (Lipinski definition) is 1. The molecule has 0 spiro atoms. The fourth-order valence-corrected chi connectivity index (χ4v) is 1.31. The molecule has 13 heavy (non-hydrogen) atoms. The number of ketones is 1. The van der Waals surface area contributed by atoms with E-state index in [2.05, 4.69) is 4.72 Å². The topological polar surface area (TPSA) is 46.2 Å². The molecule has 0 bridgehead atoms. The second kappa shape index (κ2) is 4.67. The van der Waals surface area contributed by atoms with Crippen molar-refractivity contribution in [3.05, 3.63) is 29.8 Å². The van der Waals surface area contributed by atoms with Crippen LogP contribution in [0.2, 0.25) is 0 Å². The van der Waals surface area contributed by atoms with Gasteiger partial charge in [0.1, 0.15) is 0 Å². The van der Waals surface area contributed by atoms with Crippen molar-refractivity contribution in [2.24, 2.45) is 0 Å². The first-order valence-corrected chi connectivity index (χ1v) is 4.52. The molecule has 0 radical (unpaired) electrons. The summed E-state index contributed by atoms with van der Waals surface area (Å²) >= 11 is 1.21. The van der Waals surface area contributed by atoms with Crippen molar-refractivity contribution in [1.82, 2.24) is 4.72 Å². The summed E-state index contributed by atoms with van der Waals surface area (Å²) in [6, 6.07) is 7.05. The largest absolute Gasteiger partial charge is 0.299 e. The van der Waals surface area contributed by atoms with Crippen molar-refractivity contribution in [3.8, 4) is 0 Å². The molecule has 0 heterocycles. The van der Waals surface area contributed by atoms with Gasteiger partial charge in [0.2, 0.25) is 6.41 Å². The number of rotatable bonds is 4. The van der Waals surface area contributed by atoms with Crippen molar-refractivity contribution in [1.29, 1.82) is 0 Å². The summed E-state index contributed by atoms with van der Waals surface area (Å²) in [7, 11) is 0. The third-order valence-corrected chi connectivity index (χ3v) is 2.21. The number of carbonyl (C=O) groups excluding carboxylic acids is 2. The Morgan fingerprint density at radius 3 is 2.46 bits per heavy atom. The molecule has 0 saturated heterocycles. The van der Waals surface area contributed by atoms with Crippen molar-refractivity contribution in [3.63, 3.8) is 0 Å². The van der Waals surface area contributed by atoms with E-state index in [0.29, 0.717) is 12.0 Å². The predicted molar refractivity (Wildman–Crippen MR) is 51.5 cm³/mol. The first-order chi connectivity index (χ1) is 6.24. The van der Waals surface area contributed by atoms with Crippen LogP contribution < -0.4 is 4.72 Å². The molecule has 0 aliphatic carbocycles. The van der Waals surface area contributed by atoms with E-state index in [4.69, 9.17) is 0 Å². The number of carbonyl (C=O) groups is 2.